The van der Waals surface area contributed by atoms with E-state index in [9.17, 15) is 4.39 Å². The summed E-state index contributed by atoms with van der Waals surface area (Å²) in [7, 11) is 0. The van der Waals surface area contributed by atoms with E-state index in [2.05, 4.69) is 28.2 Å². The van der Waals surface area contributed by atoms with E-state index in [4.69, 9.17) is 11.6 Å². The molecule has 21 heavy (non-hydrogen) atoms. The second-order valence-electron chi connectivity index (χ2n) is 5.03. The van der Waals surface area contributed by atoms with Gasteiger partial charge in [0.1, 0.15) is 5.82 Å². The van der Waals surface area contributed by atoms with E-state index in [0.717, 1.165) is 34.4 Å². The van der Waals surface area contributed by atoms with E-state index < -0.39 is 0 Å². The Morgan fingerprint density at radius 2 is 1.86 bits per heavy atom. The van der Waals surface area contributed by atoms with Crippen LogP contribution in [0.25, 0.3) is 0 Å². The van der Waals surface area contributed by atoms with Crippen molar-refractivity contribution in [2.45, 2.75) is 25.8 Å². The molecule has 0 radical (unpaired) electrons. The molecule has 0 heterocycles. The van der Waals surface area contributed by atoms with Crippen LogP contribution in [-0.4, -0.2) is 12.6 Å². The van der Waals surface area contributed by atoms with Gasteiger partial charge < -0.3 is 5.32 Å². The number of hydrogen-bond acceptors (Lipinski definition) is 1. The largest absolute Gasteiger partial charge is 0.314 e. The summed E-state index contributed by atoms with van der Waals surface area (Å²) in [5, 5.41) is 4.24. The Hall–Kier alpha value is -0.900. The van der Waals surface area contributed by atoms with Crippen LogP contribution in [-0.2, 0) is 12.8 Å². The van der Waals surface area contributed by atoms with Gasteiger partial charge in [0, 0.05) is 15.5 Å². The molecule has 0 aliphatic heterocycles. The maximum Gasteiger partial charge on any atom is 0.124 e. The Kier molecular flexibility index (Phi) is 6.22. The molecule has 1 atom stereocenters. The van der Waals surface area contributed by atoms with E-state index in [1.807, 2.05) is 30.3 Å². The number of nitrogens with one attached hydrogen (secondary N) is 1. The van der Waals surface area contributed by atoms with Crippen molar-refractivity contribution in [2.75, 3.05) is 6.54 Å². The van der Waals surface area contributed by atoms with Crippen molar-refractivity contribution in [3.05, 3.63) is 68.9 Å². The highest BCUT2D eigenvalue weighted by Gasteiger charge is 2.12. The molecule has 2 rings (SSSR count). The average Bonchev–Trinajstić information content (AvgIpc) is 2.44. The molecule has 0 bridgehead atoms. The van der Waals surface area contributed by atoms with Gasteiger partial charge in [-0.15, -0.1) is 0 Å². The summed E-state index contributed by atoms with van der Waals surface area (Å²) >= 11 is 9.35. The summed E-state index contributed by atoms with van der Waals surface area (Å²) in [6.07, 6.45) is 1.76. The number of rotatable bonds is 6. The summed E-state index contributed by atoms with van der Waals surface area (Å²) < 4.78 is 14.0. The topological polar surface area (TPSA) is 12.0 Å². The highest BCUT2D eigenvalue weighted by Crippen LogP contribution is 2.21. The Bertz CT molecular complexity index is 586. The van der Waals surface area contributed by atoms with Crippen LogP contribution in [0.3, 0.4) is 0 Å². The van der Waals surface area contributed by atoms with Crippen molar-refractivity contribution in [3.8, 4) is 0 Å². The lowest BCUT2D eigenvalue weighted by Gasteiger charge is -2.19. The van der Waals surface area contributed by atoms with Gasteiger partial charge in [-0.3, -0.25) is 0 Å². The molecule has 4 heteroatoms. The lowest BCUT2D eigenvalue weighted by Crippen LogP contribution is -2.33. The third kappa shape index (κ3) is 5.10. The molecule has 0 spiro atoms. The van der Waals surface area contributed by atoms with Gasteiger partial charge in [0.25, 0.3) is 0 Å². The predicted octanol–water partition coefficient (Wildman–Crippen LogP) is 5.00. The van der Waals surface area contributed by atoms with E-state index in [1.165, 1.54) is 17.7 Å². The predicted molar refractivity (Wildman–Crippen MR) is 90.4 cm³/mol. The summed E-state index contributed by atoms with van der Waals surface area (Å²) in [4.78, 5) is 0. The second-order valence-corrected chi connectivity index (χ2v) is 6.32. The SMILES string of the molecule is CCNC(Cc1ccc(Cl)cc1)Cc1ccc(F)cc1Br. The van der Waals surface area contributed by atoms with Gasteiger partial charge >= 0.3 is 0 Å². The lowest BCUT2D eigenvalue weighted by molar-refractivity contribution is 0.520. The molecular formula is C17H18BrClFN. The van der Waals surface area contributed by atoms with E-state index >= 15 is 0 Å². The van der Waals surface area contributed by atoms with Crippen molar-refractivity contribution in [1.82, 2.24) is 5.32 Å². The fraction of sp³-hybridized carbons (Fsp3) is 0.294. The number of hydrogen-bond donors (Lipinski definition) is 1. The Morgan fingerprint density at radius 1 is 1.14 bits per heavy atom. The summed E-state index contributed by atoms with van der Waals surface area (Å²) in [6, 6.07) is 13.1. The third-order valence-electron chi connectivity index (χ3n) is 3.37. The van der Waals surface area contributed by atoms with Crippen LogP contribution in [0.2, 0.25) is 5.02 Å². The molecule has 2 aromatic rings. The van der Waals surface area contributed by atoms with Crippen LogP contribution in [0, 0.1) is 5.82 Å². The highest BCUT2D eigenvalue weighted by molar-refractivity contribution is 9.10. The average molecular weight is 371 g/mol. The molecule has 1 N–H and O–H groups in total. The Balaban J connectivity index is 2.09. The molecular weight excluding hydrogens is 353 g/mol. The summed E-state index contributed by atoms with van der Waals surface area (Å²) in [6.45, 7) is 2.99. The van der Waals surface area contributed by atoms with E-state index in [0.29, 0.717) is 6.04 Å². The fourth-order valence-electron chi connectivity index (χ4n) is 2.36. The summed E-state index contributed by atoms with van der Waals surface area (Å²) in [5.74, 6) is -0.219. The highest BCUT2D eigenvalue weighted by atomic mass is 79.9. The number of likely N-dealkylation sites (N-methyl/N-ethyl adjacent to an activating group) is 1. The molecule has 0 aromatic heterocycles. The minimum atomic E-state index is -0.219. The van der Waals surface area contributed by atoms with Crippen molar-refractivity contribution < 1.29 is 4.39 Å². The van der Waals surface area contributed by atoms with Crippen LogP contribution < -0.4 is 5.32 Å². The van der Waals surface area contributed by atoms with Crippen LogP contribution >= 0.6 is 27.5 Å². The van der Waals surface area contributed by atoms with Crippen LogP contribution in [0.1, 0.15) is 18.1 Å². The van der Waals surface area contributed by atoms with Gasteiger partial charge in [-0.05, 0) is 54.8 Å². The quantitative estimate of drug-likeness (QED) is 0.754. The lowest BCUT2D eigenvalue weighted by atomic mass is 9.99. The molecule has 0 aliphatic carbocycles. The summed E-state index contributed by atoms with van der Waals surface area (Å²) in [5.41, 5.74) is 2.35. The van der Waals surface area contributed by atoms with E-state index in [1.54, 1.807) is 0 Å². The van der Waals surface area contributed by atoms with Crippen LogP contribution in [0.5, 0.6) is 0 Å². The minimum Gasteiger partial charge on any atom is -0.314 e. The molecule has 0 fully saturated rings. The van der Waals surface area contributed by atoms with Gasteiger partial charge in [-0.2, -0.15) is 0 Å². The molecule has 0 amide bonds. The van der Waals surface area contributed by atoms with Gasteiger partial charge in [-0.25, -0.2) is 4.39 Å². The first-order chi connectivity index (χ1) is 10.1. The fourth-order valence-corrected chi connectivity index (χ4v) is 3.00. The normalized spacial score (nSPS) is 12.4. The molecule has 2 aromatic carbocycles. The van der Waals surface area contributed by atoms with Crippen LogP contribution in [0.4, 0.5) is 4.39 Å². The zero-order chi connectivity index (χ0) is 15.2. The molecule has 112 valence electrons. The smallest absolute Gasteiger partial charge is 0.124 e. The van der Waals surface area contributed by atoms with E-state index in [-0.39, 0.29) is 5.82 Å². The first-order valence-corrected chi connectivity index (χ1v) is 8.17. The van der Waals surface area contributed by atoms with Gasteiger partial charge in [0.05, 0.1) is 0 Å². The van der Waals surface area contributed by atoms with Crippen molar-refractivity contribution in [2.24, 2.45) is 0 Å². The molecule has 1 unspecified atom stereocenters. The molecule has 1 nitrogen and oxygen atoms in total. The van der Waals surface area contributed by atoms with Gasteiger partial charge in [0.15, 0.2) is 0 Å². The first-order valence-electron chi connectivity index (χ1n) is 7.00. The Morgan fingerprint density at radius 3 is 2.48 bits per heavy atom. The second kappa shape index (κ2) is 7.92. The maximum atomic E-state index is 13.2. The van der Waals surface area contributed by atoms with Crippen molar-refractivity contribution in [3.63, 3.8) is 0 Å². The zero-order valence-corrected chi connectivity index (χ0v) is 14.2. The van der Waals surface area contributed by atoms with Crippen molar-refractivity contribution >= 4 is 27.5 Å². The monoisotopic (exact) mass is 369 g/mol. The molecule has 0 aliphatic rings. The minimum absolute atomic E-state index is 0.219. The maximum absolute atomic E-state index is 13.2. The molecule has 0 saturated carbocycles. The van der Waals surface area contributed by atoms with Gasteiger partial charge in [-0.1, -0.05) is 52.7 Å². The van der Waals surface area contributed by atoms with Crippen molar-refractivity contribution in [1.29, 1.82) is 0 Å². The van der Waals surface area contributed by atoms with Crippen LogP contribution in [0.15, 0.2) is 46.9 Å². The number of benzene rings is 2. The molecule has 0 saturated heterocycles. The first kappa shape index (κ1) is 16.5. The zero-order valence-electron chi connectivity index (χ0n) is 11.9. The Labute approximate surface area is 138 Å². The standard InChI is InChI=1S/C17H18BrClFN/c1-2-21-16(9-12-3-6-14(19)7-4-12)10-13-5-8-15(20)11-17(13)18/h3-8,11,16,21H,2,9-10H2,1H3. The number of halogens is 3. The van der Waals surface area contributed by atoms with Gasteiger partial charge in [0.2, 0.25) is 0 Å². The third-order valence-corrected chi connectivity index (χ3v) is 4.36.